The lowest BCUT2D eigenvalue weighted by molar-refractivity contribution is 0.364. The number of nitrogens with one attached hydrogen (secondary N) is 1. The Labute approximate surface area is 113 Å². The van der Waals surface area contributed by atoms with Crippen molar-refractivity contribution in [3.05, 3.63) is 53.5 Å². The largest absolute Gasteiger partial charge is 0.481 e. The normalized spacial score (nSPS) is 10.1. The summed E-state index contributed by atoms with van der Waals surface area (Å²) in [5.41, 5.74) is 1.08. The molecule has 0 aliphatic carbocycles. The highest BCUT2D eigenvalue weighted by atomic mass is 16.5. The van der Waals surface area contributed by atoms with Crippen molar-refractivity contribution < 1.29 is 9.15 Å². The Morgan fingerprint density at radius 2 is 2.05 bits per heavy atom. The molecule has 2 rings (SSSR count). The van der Waals surface area contributed by atoms with Crippen LogP contribution in [0.3, 0.4) is 0 Å². The summed E-state index contributed by atoms with van der Waals surface area (Å²) in [4.78, 5) is 0. The quantitative estimate of drug-likeness (QED) is 0.806. The molecule has 0 saturated heterocycles. The Hall–Kier alpha value is -2.18. The minimum absolute atomic E-state index is 0.286. The molecule has 1 aromatic heterocycles. The first-order valence-corrected chi connectivity index (χ1v) is 6.20. The van der Waals surface area contributed by atoms with Crippen LogP contribution in [0.1, 0.15) is 17.1 Å². The van der Waals surface area contributed by atoms with Gasteiger partial charge in [-0.15, -0.1) is 6.42 Å². The second-order valence-electron chi connectivity index (χ2n) is 4.22. The van der Waals surface area contributed by atoms with Gasteiger partial charge in [-0.25, -0.2) is 0 Å². The Balaban J connectivity index is 1.90. The van der Waals surface area contributed by atoms with Gasteiger partial charge in [-0.1, -0.05) is 24.1 Å². The maximum absolute atomic E-state index is 5.50. The predicted molar refractivity (Wildman–Crippen MR) is 74.8 cm³/mol. The number of aryl methyl sites for hydroxylation is 1. The standard InChI is InChI=1S/C16H17NO2/c1-3-10-18-16-7-5-4-6-14(16)11-17-12-15-9-8-13(2)19-15/h1,4-9,17H,10-12H2,2H3. The number of furan rings is 1. The van der Waals surface area contributed by atoms with Crippen molar-refractivity contribution in [1.82, 2.24) is 5.32 Å². The van der Waals surface area contributed by atoms with Gasteiger partial charge in [0.25, 0.3) is 0 Å². The Bertz CT molecular complexity index is 566. The molecule has 98 valence electrons. The lowest BCUT2D eigenvalue weighted by atomic mass is 10.2. The number of ether oxygens (including phenoxy) is 1. The first kappa shape index (κ1) is 13.3. The van der Waals surface area contributed by atoms with E-state index in [0.717, 1.165) is 22.8 Å². The average molecular weight is 255 g/mol. The molecule has 0 aliphatic rings. The van der Waals surface area contributed by atoms with Crippen molar-refractivity contribution in [1.29, 1.82) is 0 Å². The third kappa shape index (κ3) is 3.90. The van der Waals surface area contributed by atoms with Crippen LogP contribution in [0.25, 0.3) is 0 Å². The van der Waals surface area contributed by atoms with Crippen molar-refractivity contribution in [2.24, 2.45) is 0 Å². The van der Waals surface area contributed by atoms with Gasteiger partial charge in [0.2, 0.25) is 0 Å². The summed E-state index contributed by atoms with van der Waals surface area (Å²) < 4.78 is 11.0. The first-order valence-electron chi connectivity index (χ1n) is 6.20. The van der Waals surface area contributed by atoms with E-state index in [1.165, 1.54) is 0 Å². The molecule has 19 heavy (non-hydrogen) atoms. The Morgan fingerprint density at radius 3 is 2.79 bits per heavy atom. The number of hydrogen-bond donors (Lipinski definition) is 1. The van der Waals surface area contributed by atoms with Crippen molar-refractivity contribution in [2.75, 3.05) is 6.61 Å². The molecule has 0 atom stereocenters. The number of hydrogen-bond acceptors (Lipinski definition) is 3. The third-order valence-corrected chi connectivity index (χ3v) is 2.69. The van der Waals surface area contributed by atoms with E-state index in [2.05, 4.69) is 11.2 Å². The second kappa shape index (κ2) is 6.67. The van der Waals surface area contributed by atoms with E-state index in [1.807, 2.05) is 43.3 Å². The number of terminal acetylenes is 1. The summed E-state index contributed by atoms with van der Waals surface area (Å²) in [6, 6.07) is 11.8. The Morgan fingerprint density at radius 1 is 1.21 bits per heavy atom. The zero-order valence-electron chi connectivity index (χ0n) is 11.0. The van der Waals surface area contributed by atoms with E-state index in [1.54, 1.807) is 0 Å². The summed E-state index contributed by atoms with van der Waals surface area (Å²) >= 11 is 0. The van der Waals surface area contributed by atoms with Gasteiger partial charge in [0.1, 0.15) is 23.9 Å². The van der Waals surface area contributed by atoms with Crippen LogP contribution in [0, 0.1) is 19.3 Å². The van der Waals surface area contributed by atoms with E-state index in [9.17, 15) is 0 Å². The third-order valence-electron chi connectivity index (χ3n) is 2.69. The predicted octanol–water partition coefficient (Wildman–Crippen LogP) is 2.89. The number of benzene rings is 1. The van der Waals surface area contributed by atoms with Gasteiger partial charge >= 0.3 is 0 Å². The fourth-order valence-corrected chi connectivity index (χ4v) is 1.81. The van der Waals surface area contributed by atoms with Crippen molar-refractivity contribution in [3.8, 4) is 18.1 Å². The molecule has 0 spiro atoms. The minimum atomic E-state index is 0.286. The highest BCUT2D eigenvalue weighted by molar-refractivity contribution is 5.33. The van der Waals surface area contributed by atoms with Crippen LogP contribution in [0.2, 0.25) is 0 Å². The molecule has 0 amide bonds. The average Bonchev–Trinajstić information content (AvgIpc) is 2.83. The molecule has 1 heterocycles. The molecule has 1 N–H and O–H groups in total. The van der Waals surface area contributed by atoms with Gasteiger partial charge in [-0.3, -0.25) is 0 Å². The lowest BCUT2D eigenvalue weighted by Crippen LogP contribution is -2.13. The smallest absolute Gasteiger partial charge is 0.148 e. The van der Waals surface area contributed by atoms with Crippen LogP contribution in [0.15, 0.2) is 40.8 Å². The van der Waals surface area contributed by atoms with Gasteiger partial charge in [-0.2, -0.15) is 0 Å². The van der Waals surface area contributed by atoms with Gasteiger partial charge in [0, 0.05) is 12.1 Å². The van der Waals surface area contributed by atoms with Gasteiger partial charge < -0.3 is 14.5 Å². The molecule has 0 unspecified atom stereocenters. The summed E-state index contributed by atoms with van der Waals surface area (Å²) in [6.07, 6.45) is 5.20. The fraction of sp³-hybridized carbons (Fsp3) is 0.250. The van der Waals surface area contributed by atoms with Gasteiger partial charge in [0.05, 0.1) is 6.54 Å². The Kier molecular flexibility index (Phi) is 4.66. The lowest BCUT2D eigenvalue weighted by Gasteiger charge is -2.09. The topological polar surface area (TPSA) is 34.4 Å². The summed E-state index contributed by atoms with van der Waals surface area (Å²) in [5.74, 6) is 5.15. The zero-order valence-corrected chi connectivity index (χ0v) is 11.0. The van der Waals surface area contributed by atoms with Crippen LogP contribution in [-0.4, -0.2) is 6.61 Å². The van der Waals surface area contributed by atoms with Crippen molar-refractivity contribution in [3.63, 3.8) is 0 Å². The van der Waals surface area contributed by atoms with E-state index in [4.69, 9.17) is 15.6 Å². The molecular formula is C16H17NO2. The molecule has 3 nitrogen and oxygen atoms in total. The van der Waals surface area contributed by atoms with E-state index < -0.39 is 0 Å². The minimum Gasteiger partial charge on any atom is -0.481 e. The van der Waals surface area contributed by atoms with Crippen LogP contribution >= 0.6 is 0 Å². The molecule has 1 aromatic carbocycles. The van der Waals surface area contributed by atoms with E-state index in [0.29, 0.717) is 13.1 Å². The second-order valence-corrected chi connectivity index (χ2v) is 4.22. The van der Waals surface area contributed by atoms with Crippen molar-refractivity contribution >= 4 is 0 Å². The molecule has 2 aromatic rings. The summed E-state index contributed by atoms with van der Waals surface area (Å²) in [5, 5.41) is 3.32. The van der Waals surface area contributed by atoms with Gasteiger partial charge in [-0.05, 0) is 25.1 Å². The van der Waals surface area contributed by atoms with E-state index in [-0.39, 0.29) is 6.61 Å². The van der Waals surface area contributed by atoms with Crippen LogP contribution in [0.5, 0.6) is 5.75 Å². The summed E-state index contributed by atoms with van der Waals surface area (Å²) in [7, 11) is 0. The van der Waals surface area contributed by atoms with Crippen molar-refractivity contribution in [2.45, 2.75) is 20.0 Å². The molecule has 0 saturated carbocycles. The number of rotatable bonds is 6. The van der Waals surface area contributed by atoms with Crippen LogP contribution in [-0.2, 0) is 13.1 Å². The molecular weight excluding hydrogens is 238 g/mol. The fourth-order valence-electron chi connectivity index (χ4n) is 1.81. The molecule has 0 bridgehead atoms. The highest BCUT2D eigenvalue weighted by Crippen LogP contribution is 2.17. The number of para-hydroxylation sites is 1. The monoisotopic (exact) mass is 255 g/mol. The molecule has 0 radical (unpaired) electrons. The SMILES string of the molecule is C#CCOc1ccccc1CNCc1ccc(C)o1. The molecule has 0 fully saturated rings. The van der Waals surface area contributed by atoms with Crippen LogP contribution < -0.4 is 10.1 Å². The maximum atomic E-state index is 5.50. The first-order chi connectivity index (χ1) is 9.29. The maximum Gasteiger partial charge on any atom is 0.148 e. The van der Waals surface area contributed by atoms with Crippen LogP contribution in [0.4, 0.5) is 0 Å². The van der Waals surface area contributed by atoms with E-state index >= 15 is 0 Å². The molecule has 0 aliphatic heterocycles. The highest BCUT2D eigenvalue weighted by Gasteiger charge is 2.03. The zero-order chi connectivity index (χ0) is 13.5. The summed E-state index contributed by atoms with van der Waals surface area (Å²) in [6.45, 7) is 3.62. The van der Waals surface area contributed by atoms with Gasteiger partial charge in [0.15, 0.2) is 0 Å². The molecule has 3 heteroatoms.